The van der Waals surface area contributed by atoms with Gasteiger partial charge in [-0.25, -0.2) is 13.6 Å². The van der Waals surface area contributed by atoms with Crippen LogP contribution in [0.2, 0.25) is 0 Å². The van der Waals surface area contributed by atoms with Crippen molar-refractivity contribution in [3.05, 3.63) is 95.1 Å². The molecular weight excluding hydrogens is 518 g/mol. The number of benzene rings is 3. The summed E-state index contributed by atoms with van der Waals surface area (Å²) in [6, 6.07) is 17.7. The van der Waals surface area contributed by atoms with Crippen molar-refractivity contribution < 1.29 is 33.0 Å². The van der Waals surface area contributed by atoms with E-state index < -0.39 is 36.0 Å². The summed E-state index contributed by atoms with van der Waals surface area (Å²) in [7, 11) is 0. The maximum absolute atomic E-state index is 14.1. The number of carboxylic acid groups (broad SMARTS) is 1. The fourth-order valence-electron chi connectivity index (χ4n) is 5.24. The van der Waals surface area contributed by atoms with Crippen molar-refractivity contribution in [3.63, 3.8) is 0 Å². The van der Waals surface area contributed by atoms with Crippen LogP contribution in [0.5, 0.6) is 0 Å². The molecule has 3 aromatic carbocycles. The molecule has 212 valence electrons. The Morgan fingerprint density at radius 2 is 1.52 bits per heavy atom. The molecule has 2 N–H and O–H groups in total. The third-order valence-electron chi connectivity index (χ3n) is 7.06. The number of amides is 2. The molecule has 40 heavy (non-hydrogen) atoms. The average Bonchev–Trinajstić information content (AvgIpc) is 3.26. The highest BCUT2D eigenvalue weighted by Crippen LogP contribution is 2.45. The fraction of sp³-hybridized carbons (Fsp3) is 0.355. The summed E-state index contributed by atoms with van der Waals surface area (Å²) in [6.07, 6.45) is -1.57. The first-order valence-corrected chi connectivity index (χ1v) is 13.5. The normalized spacial score (nSPS) is 13.1. The molecule has 0 saturated heterocycles. The highest BCUT2D eigenvalue weighted by Gasteiger charge is 2.36. The highest BCUT2D eigenvalue weighted by molar-refractivity contribution is 5.86. The van der Waals surface area contributed by atoms with Crippen LogP contribution in [0.15, 0.2) is 66.7 Å². The zero-order chi connectivity index (χ0) is 28.6. The van der Waals surface area contributed by atoms with Gasteiger partial charge in [-0.1, -0.05) is 54.6 Å². The van der Waals surface area contributed by atoms with Crippen molar-refractivity contribution in [2.75, 3.05) is 26.3 Å². The number of nitrogens with zero attached hydrogens (tertiary/aromatic N) is 1. The van der Waals surface area contributed by atoms with E-state index in [-0.39, 0.29) is 25.4 Å². The molecule has 1 atom stereocenters. The van der Waals surface area contributed by atoms with Crippen LogP contribution in [0.25, 0.3) is 11.1 Å². The van der Waals surface area contributed by atoms with Crippen LogP contribution < -0.4 is 5.32 Å². The first-order chi connectivity index (χ1) is 19.3. The summed E-state index contributed by atoms with van der Waals surface area (Å²) in [6.45, 7) is 4.74. The number of hydrogen-bond donors (Lipinski definition) is 2. The first-order valence-electron chi connectivity index (χ1n) is 13.5. The number of carbonyl (C=O) groups is 2. The van der Waals surface area contributed by atoms with Gasteiger partial charge in [-0.2, -0.15) is 0 Å². The van der Waals surface area contributed by atoms with Crippen molar-refractivity contribution in [1.82, 2.24) is 10.2 Å². The molecule has 0 spiro atoms. The lowest BCUT2D eigenvalue weighted by atomic mass is 9.94. The monoisotopic (exact) mass is 552 g/mol. The summed E-state index contributed by atoms with van der Waals surface area (Å²) >= 11 is 0. The van der Waals surface area contributed by atoms with E-state index in [4.69, 9.17) is 9.47 Å². The molecule has 0 bridgehead atoms. The molecule has 0 aromatic heterocycles. The van der Waals surface area contributed by atoms with Gasteiger partial charge in [-0.15, -0.1) is 0 Å². The van der Waals surface area contributed by atoms with Crippen LogP contribution in [-0.4, -0.2) is 60.6 Å². The molecule has 1 unspecified atom stereocenters. The van der Waals surface area contributed by atoms with E-state index in [2.05, 4.69) is 5.32 Å². The van der Waals surface area contributed by atoms with Crippen molar-refractivity contribution >= 4 is 12.0 Å². The number of nitrogens with one attached hydrogen (secondary N) is 1. The largest absolute Gasteiger partial charge is 0.465 e. The molecule has 0 aliphatic heterocycles. The summed E-state index contributed by atoms with van der Waals surface area (Å²) < 4.78 is 38.7. The van der Waals surface area contributed by atoms with Crippen molar-refractivity contribution in [1.29, 1.82) is 0 Å². The Balaban J connectivity index is 1.62. The van der Waals surface area contributed by atoms with E-state index in [1.165, 1.54) is 6.07 Å². The quantitative estimate of drug-likeness (QED) is 0.271. The van der Waals surface area contributed by atoms with E-state index in [0.717, 1.165) is 39.3 Å². The van der Waals surface area contributed by atoms with Crippen LogP contribution in [0.3, 0.4) is 0 Å². The minimum Gasteiger partial charge on any atom is -0.465 e. The molecule has 1 aliphatic carbocycles. The molecule has 1 aliphatic rings. The lowest BCUT2D eigenvalue weighted by molar-refractivity contribution is -0.140. The number of hydrogen-bond acceptors (Lipinski definition) is 4. The number of fused-ring (bicyclic) bond motifs is 3. The molecular formula is C31H34F2N2O5. The number of carbonyl (C=O) groups excluding carboxylic acids is 1. The van der Waals surface area contributed by atoms with E-state index in [1.54, 1.807) is 0 Å². The lowest BCUT2D eigenvalue weighted by Crippen LogP contribution is -2.52. The maximum Gasteiger partial charge on any atom is 0.408 e. The second-order valence-electron chi connectivity index (χ2n) is 9.55. The smallest absolute Gasteiger partial charge is 0.408 e. The van der Waals surface area contributed by atoms with Crippen LogP contribution in [0, 0.1) is 11.6 Å². The Labute approximate surface area is 232 Å². The predicted molar refractivity (Wildman–Crippen MR) is 147 cm³/mol. The van der Waals surface area contributed by atoms with Gasteiger partial charge in [0.2, 0.25) is 5.91 Å². The summed E-state index contributed by atoms with van der Waals surface area (Å²) in [4.78, 5) is 27.3. The zero-order valence-electron chi connectivity index (χ0n) is 22.6. The number of halogens is 2. The van der Waals surface area contributed by atoms with Crippen LogP contribution in [0.4, 0.5) is 13.6 Å². The van der Waals surface area contributed by atoms with E-state index in [1.807, 2.05) is 62.4 Å². The second-order valence-corrected chi connectivity index (χ2v) is 9.55. The minimum atomic E-state index is -1.29. The van der Waals surface area contributed by atoms with Gasteiger partial charge >= 0.3 is 6.09 Å². The van der Waals surface area contributed by atoms with Gasteiger partial charge in [0.1, 0.15) is 6.04 Å². The molecule has 0 fully saturated rings. The van der Waals surface area contributed by atoms with Crippen molar-refractivity contribution in [2.24, 2.45) is 0 Å². The summed E-state index contributed by atoms with van der Waals surface area (Å²) in [5.41, 5.74) is 4.29. The SMILES string of the molecule is CCOC(CCNC(=O)C(Cc1ccc(F)c(F)c1)N(CC1c2ccccc2-c2ccccc21)C(=O)O)OCC. The van der Waals surface area contributed by atoms with Gasteiger partial charge in [0, 0.05) is 45.1 Å². The molecule has 4 rings (SSSR count). The van der Waals surface area contributed by atoms with Gasteiger partial charge < -0.3 is 19.9 Å². The Morgan fingerprint density at radius 1 is 0.925 bits per heavy atom. The molecule has 3 aromatic rings. The van der Waals surface area contributed by atoms with Gasteiger partial charge in [0.25, 0.3) is 0 Å². The van der Waals surface area contributed by atoms with Crippen LogP contribution >= 0.6 is 0 Å². The predicted octanol–water partition coefficient (Wildman–Crippen LogP) is 5.57. The number of ether oxygens (including phenoxy) is 2. The molecule has 0 heterocycles. The van der Waals surface area contributed by atoms with Crippen molar-refractivity contribution in [3.8, 4) is 11.1 Å². The van der Waals surface area contributed by atoms with Crippen LogP contribution in [0.1, 0.15) is 42.9 Å². The Morgan fingerprint density at radius 3 is 2.08 bits per heavy atom. The summed E-state index contributed by atoms with van der Waals surface area (Å²) in [5, 5.41) is 13.2. The average molecular weight is 553 g/mol. The number of rotatable bonds is 13. The maximum atomic E-state index is 14.1. The standard InChI is InChI=1S/C31H34F2N2O5/c1-3-39-29(40-4-2)15-16-34-30(36)28(18-20-13-14-26(32)27(33)17-20)35(31(37)38)19-25-23-11-7-5-9-21(23)22-10-6-8-12-24(22)25/h5-14,17,25,28-29H,3-4,15-16,18-19H2,1-2H3,(H,34,36)(H,37,38). The molecule has 0 saturated carbocycles. The van der Waals surface area contributed by atoms with Gasteiger partial charge in [0.05, 0.1) is 0 Å². The Bertz CT molecular complexity index is 1280. The third kappa shape index (κ3) is 6.66. The molecule has 2 amide bonds. The topological polar surface area (TPSA) is 88.1 Å². The van der Waals surface area contributed by atoms with Crippen LogP contribution in [-0.2, 0) is 20.7 Å². The van der Waals surface area contributed by atoms with Gasteiger partial charge in [-0.05, 0) is 53.8 Å². The fourth-order valence-corrected chi connectivity index (χ4v) is 5.24. The first kappa shape index (κ1) is 29.2. The van der Waals surface area contributed by atoms with Gasteiger partial charge in [0.15, 0.2) is 17.9 Å². The highest BCUT2D eigenvalue weighted by atomic mass is 19.2. The molecule has 0 radical (unpaired) electrons. The second kappa shape index (κ2) is 13.5. The zero-order valence-corrected chi connectivity index (χ0v) is 22.6. The van der Waals surface area contributed by atoms with E-state index in [0.29, 0.717) is 25.2 Å². The lowest BCUT2D eigenvalue weighted by Gasteiger charge is -2.31. The van der Waals surface area contributed by atoms with Crippen molar-refractivity contribution in [2.45, 2.75) is 44.9 Å². The van der Waals surface area contributed by atoms with E-state index in [9.17, 15) is 23.5 Å². The van der Waals surface area contributed by atoms with E-state index >= 15 is 0 Å². The van der Waals surface area contributed by atoms with Gasteiger partial charge in [-0.3, -0.25) is 9.69 Å². The third-order valence-corrected chi connectivity index (χ3v) is 7.06. The Hall–Kier alpha value is -3.82. The molecule has 7 nitrogen and oxygen atoms in total. The minimum absolute atomic E-state index is 0.00560. The molecule has 9 heteroatoms. The summed E-state index contributed by atoms with van der Waals surface area (Å²) in [5.74, 6) is -2.92. The Kier molecular flexibility index (Phi) is 9.84.